The van der Waals surface area contributed by atoms with Gasteiger partial charge in [0.2, 0.25) is 0 Å². The molecule has 12 N–H and O–H groups in total. The van der Waals surface area contributed by atoms with E-state index in [0.29, 0.717) is 13.0 Å². The van der Waals surface area contributed by atoms with Gasteiger partial charge in [0.1, 0.15) is 97.7 Å². The second kappa shape index (κ2) is 18.9. The van der Waals surface area contributed by atoms with Crippen LogP contribution in [0.15, 0.2) is 0 Å². The first-order valence-electron chi connectivity index (χ1n) is 19.2. The van der Waals surface area contributed by atoms with E-state index in [1.54, 1.807) is 0 Å². The molecule has 4 bridgehead atoms. The van der Waals surface area contributed by atoms with Gasteiger partial charge >= 0.3 is 0 Å². The molecule has 6 aliphatic rings. The first-order valence-corrected chi connectivity index (χ1v) is 19.2. The number of aliphatic hydroxyl groups is 10. The molecule has 0 aromatic carbocycles. The maximum Gasteiger partial charge on any atom is 0.198 e. The van der Waals surface area contributed by atoms with Crippen molar-refractivity contribution in [3.8, 4) is 0 Å². The molecule has 6 heterocycles. The van der Waals surface area contributed by atoms with Gasteiger partial charge in [0.05, 0.1) is 26.4 Å². The van der Waals surface area contributed by atoms with Gasteiger partial charge < -0.3 is 99.4 Å². The molecular weight excluding hydrogens is 726 g/mol. The van der Waals surface area contributed by atoms with Gasteiger partial charge in [-0.2, -0.15) is 0 Å². The third kappa shape index (κ3) is 8.78. The maximum absolute atomic E-state index is 11.5. The molecule has 0 radical (unpaired) electrons. The first-order chi connectivity index (χ1) is 25.9. The molecule has 0 aliphatic carbocycles. The summed E-state index contributed by atoms with van der Waals surface area (Å²) in [5, 5.41) is 107. The molecule has 20 nitrogen and oxygen atoms in total. The minimum Gasteiger partial charge on any atom is -0.394 e. The van der Waals surface area contributed by atoms with Crippen molar-refractivity contribution in [2.24, 2.45) is 5.73 Å². The molecule has 54 heavy (non-hydrogen) atoms. The molecule has 20 atom stereocenters. The molecule has 0 unspecified atom stereocenters. The number of hydrogen-bond acceptors (Lipinski definition) is 20. The van der Waals surface area contributed by atoms with Crippen molar-refractivity contribution in [3.63, 3.8) is 0 Å². The highest BCUT2D eigenvalue weighted by Gasteiger charge is 2.61. The van der Waals surface area contributed by atoms with Crippen LogP contribution in [-0.4, -0.2) is 206 Å². The van der Waals surface area contributed by atoms with Gasteiger partial charge in [0.15, 0.2) is 24.7 Å². The van der Waals surface area contributed by atoms with E-state index in [-0.39, 0.29) is 19.6 Å². The lowest BCUT2D eigenvalue weighted by Gasteiger charge is -2.51. The minimum atomic E-state index is -1.93. The van der Waals surface area contributed by atoms with Crippen LogP contribution in [0.5, 0.6) is 0 Å². The molecule has 6 fully saturated rings. The Morgan fingerprint density at radius 1 is 0.556 bits per heavy atom. The fraction of sp³-hybridized carbons (Fsp3) is 1.00. The van der Waals surface area contributed by atoms with E-state index in [2.05, 4.69) is 0 Å². The fourth-order valence-electron chi connectivity index (χ4n) is 8.30. The number of aliphatic hydroxyl groups excluding tert-OH is 10. The van der Waals surface area contributed by atoms with Crippen LogP contribution in [0.25, 0.3) is 0 Å². The van der Waals surface area contributed by atoms with Crippen LogP contribution < -0.4 is 5.73 Å². The van der Waals surface area contributed by atoms with Crippen molar-refractivity contribution < 1.29 is 93.7 Å². The quantitative estimate of drug-likeness (QED) is 0.0581. The monoisotopic (exact) mass is 785 g/mol. The molecule has 6 aliphatic heterocycles. The predicted octanol–water partition coefficient (Wildman–Crippen LogP) is -4.82. The van der Waals surface area contributed by atoms with Gasteiger partial charge in [-0.05, 0) is 19.4 Å². The summed E-state index contributed by atoms with van der Waals surface area (Å²) in [7, 11) is 0. The van der Waals surface area contributed by atoms with Gasteiger partial charge in [0.25, 0.3) is 0 Å². The van der Waals surface area contributed by atoms with Crippen LogP contribution in [0.4, 0.5) is 0 Å². The third-order valence-electron chi connectivity index (χ3n) is 11.4. The highest BCUT2D eigenvalue weighted by atomic mass is 16.8. The van der Waals surface area contributed by atoms with E-state index >= 15 is 0 Å². The average Bonchev–Trinajstić information content (AvgIpc) is 3.65. The lowest BCUT2D eigenvalue weighted by atomic mass is 9.88. The molecule has 0 amide bonds. The van der Waals surface area contributed by atoms with Crippen molar-refractivity contribution in [2.45, 2.75) is 180 Å². The summed E-state index contributed by atoms with van der Waals surface area (Å²) in [6.45, 7) is -0.860. The van der Waals surface area contributed by atoms with E-state index in [9.17, 15) is 51.1 Å². The number of nitrogens with two attached hydrogens (primary N) is 1. The van der Waals surface area contributed by atoms with Crippen molar-refractivity contribution in [2.75, 3.05) is 33.0 Å². The lowest BCUT2D eigenvalue weighted by Crippen LogP contribution is -2.69. The number of fused-ring (bicyclic) bond motifs is 4. The Bertz CT molecular complexity index is 1160. The Morgan fingerprint density at radius 2 is 1.13 bits per heavy atom. The zero-order valence-electron chi connectivity index (χ0n) is 30.1. The number of unbranched alkanes of at least 4 members (excludes halogenated alkanes) is 7. The zero-order valence-corrected chi connectivity index (χ0v) is 30.1. The molecule has 6 saturated heterocycles. The summed E-state index contributed by atoms with van der Waals surface area (Å²) in [5.41, 5.74) is 5.57. The molecule has 6 rings (SSSR count). The van der Waals surface area contributed by atoms with E-state index in [4.69, 9.17) is 48.4 Å². The molecule has 0 spiro atoms. The van der Waals surface area contributed by atoms with Crippen molar-refractivity contribution in [3.05, 3.63) is 0 Å². The van der Waals surface area contributed by atoms with Crippen LogP contribution in [0.1, 0.15) is 57.8 Å². The standard InChI is InChI=1S/C34H59NO19/c35-10-8-6-4-2-1-3-5-7-9-34(30(44)21(40)19(38)16(12-37)53-34)54-26-18-14-47-29(26)24(43)33(50-18)52-27-20(39)15(11-36)49-32(23(27)42)51-25-17-13-46-28(25)22(41)31(45)48-17/h15-33,36-45H,1-14,35H2/t15-,16-,17+,18+,19+,20-,21+,22+,23-,24+,25+,26+,27+,28+,29+,30-,31-,32+,33+,34+/m1/s1. The van der Waals surface area contributed by atoms with E-state index < -0.39 is 136 Å². The van der Waals surface area contributed by atoms with Crippen molar-refractivity contribution >= 4 is 0 Å². The van der Waals surface area contributed by atoms with Crippen molar-refractivity contribution in [1.29, 1.82) is 0 Å². The van der Waals surface area contributed by atoms with E-state index in [0.717, 1.165) is 44.9 Å². The summed E-state index contributed by atoms with van der Waals surface area (Å²) in [5.74, 6) is -1.93. The Hall–Kier alpha value is -0.800. The number of hydrogen-bond donors (Lipinski definition) is 11. The molecule has 20 heteroatoms. The third-order valence-corrected chi connectivity index (χ3v) is 11.4. The van der Waals surface area contributed by atoms with Crippen LogP contribution in [0, 0.1) is 0 Å². The SMILES string of the molecule is NCCCCCCCCCC[C@@]1(O[C@@H]2[C@H]3OC[C@@H]2O[C@@H](O[C@@H]2[C@@H](O)[C@H](O[C@@H]4[C@H]5OC[C@@H]4O[C@@H](O)[C@H]5O)O[C@H](CO)[C@H]2O)[C@H]3O)O[C@H](CO)[C@H](O)[C@H](O)[C@H]1O. The van der Waals surface area contributed by atoms with Gasteiger partial charge in [0, 0.05) is 6.42 Å². The largest absolute Gasteiger partial charge is 0.394 e. The molecule has 314 valence electrons. The van der Waals surface area contributed by atoms with Crippen LogP contribution in [0.2, 0.25) is 0 Å². The normalized spacial score (nSPS) is 49.1. The topological polar surface area (TPSA) is 311 Å². The second-order valence-corrected chi connectivity index (χ2v) is 15.1. The summed E-state index contributed by atoms with van der Waals surface area (Å²) < 4.78 is 52.7. The smallest absolute Gasteiger partial charge is 0.198 e. The van der Waals surface area contributed by atoms with Gasteiger partial charge in [-0.15, -0.1) is 0 Å². The molecule has 0 saturated carbocycles. The predicted molar refractivity (Wildman–Crippen MR) is 177 cm³/mol. The van der Waals surface area contributed by atoms with Crippen LogP contribution >= 0.6 is 0 Å². The summed E-state index contributed by atoms with van der Waals surface area (Å²) in [6.07, 6.45) is -19.0. The summed E-state index contributed by atoms with van der Waals surface area (Å²) in [4.78, 5) is 0. The van der Waals surface area contributed by atoms with Crippen molar-refractivity contribution in [1.82, 2.24) is 0 Å². The molecule has 0 aromatic rings. The van der Waals surface area contributed by atoms with Gasteiger partial charge in [-0.1, -0.05) is 38.5 Å². The summed E-state index contributed by atoms with van der Waals surface area (Å²) in [6, 6.07) is 0. The molecule has 0 aromatic heterocycles. The van der Waals surface area contributed by atoms with Gasteiger partial charge in [-0.25, -0.2) is 0 Å². The fourth-order valence-corrected chi connectivity index (χ4v) is 8.30. The van der Waals surface area contributed by atoms with E-state index in [1.165, 1.54) is 0 Å². The van der Waals surface area contributed by atoms with E-state index in [1.807, 2.05) is 0 Å². The van der Waals surface area contributed by atoms with Crippen LogP contribution in [0.3, 0.4) is 0 Å². The number of rotatable bonds is 18. The minimum absolute atomic E-state index is 0.0219. The average molecular weight is 786 g/mol. The Kier molecular flexibility index (Phi) is 14.9. The highest BCUT2D eigenvalue weighted by molar-refractivity contribution is 5.03. The number of ether oxygens (including phenoxy) is 9. The van der Waals surface area contributed by atoms with Gasteiger partial charge in [-0.3, -0.25) is 0 Å². The Balaban J connectivity index is 1.11. The lowest BCUT2D eigenvalue weighted by molar-refractivity contribution is -0.400. The second-order valence-electron chi connectivity index (χ2n) is 15.1. The zero-order chi connectivity index (χ0) is 38.7. The Labute approximate surface area is 312 Å². The summed E-state index contributed by atoms with van der Waals surface area (Å²) >= 11 is 0. The molecular formula is C34H59NO19. The highest BCUT2D eigenvalue weighted by Crippen LogP contribution is 2.43. The Morgan fingerprint density at radius 3 is 1.78 bits per heavy atom. The van der Waals surface area contributed by atoms with Crippen LogP contribution in [-0.2, 0) is 42.6 Å². The first kappa shape index (κ1) is 42.8. The maximum atomic E-state index is 11.5.